The highest BCUT2D eigenvalue weighted by molar-refractivity contribution is 7.19. The summed E-state index contributed by atoms with van der Waals surface area (Å²) in [6.07, 6.45) is 0. The van der Waals surface area contributed by atoms with Crippen LogP contribution < -0.4 is 0 Å². The van der Waals surface area contributed by atoms with Crippen LogP contribution in [0.25, 0.3) is 21.8 Å². The number of hydrogen-bond acceptors (Lipinski definition) is 3. The van der Waals surface area contributed by atoms with Crippen LogP contribution in [0.3, 0.4) is 0 Å². The zero-order valence-corrected chi connectivity index (χ0v) is 13.4. The van der Waals surface area contributed by atoms with E-state index in [9.17, 15) is 4.39 Å². The van der Waals surface area contributed by atoms with Gasteiger partial charge in [0.2, 0.25) is 0 Å². The Bertz CT molecular complexity index is 796. The van der Waals surface area contributed by atoms with Crippen LogP contribution in [0, 0.1) is 5.82 Å². The van der Waals surface area contributed by atoms with Crippen LogP contribution >= 0.6 is 46.1 Å². The summed E-state index contributed by atoms with van der Waals surface area (Å²) in [6, 6.07) is 9.47. The normalized spacial score (nSPS) is 10.9. The van der Waals surface area contributed by atoms with Gasteiger partial charge in [0.05, 0.1) is 14.8 Å². The summed E-state index contributed by atoms with van der Waals surface area (Å²) in [5, 5.41) is 0.334. The van der Waals surface area contributed by atoms with Crippen LogP contribution in [-0.4, -0.2) is 9.97 Å². The van der Waals surface area contributed by atoms with E-state index in [-0.39, 0.29) is 16.1 Å². The number of thiophene rings is 1. The molecule has 0 saturated carbocycles. The molecule has 106 valence electrons. The van der Waals surface area contributed by atoms with E-state index in [4.69, 9.17) is 34.8 Å². The molecule has 3 aromatic rings. The van der Waals surface area contributed by atoms with Crippen molar-refractivity contribution in [3.8, 4) is 21.8 Å². The molecular formula is C14H6Cl3FN2S. The second-order valence-electron chi connectivity index (χ2n) is 4.12. The molecule has 21 heavy (non-hydrogen) atoms. The van der Waals surface area contributed by atoms with Crippen LogP contribution in [-0.2, 0) is 0 Å². The molecule has 0 unspecified atom stereocenters. The first kappa shape index (κ1) is 14.7. The Balaban J connectivity index is 2.12. The highest BCUT2D eigenvalue weighted by atomic mass is 35.5. The average Bonchev–Trinajstić information content (AvgIpc) is 2.85. The molecule has 7 heteroatoms. The van der Waals surface area contributed by atoms with Gasteiger partial charge in [0.1, 0.15) is 16.1 Å². The van der Waals surface area contributed by atoms with Gasteiger partial charge in [0, 0.05) is 0 Å². The summed E-state index contributed by atoms with van der Waals surface area (Å²) in [5.74, 6) is 0.0100. The number of hydrogen-bond donors (Lipinski definition) is 0. The SMILES string of the molecule is Fc1cccc(-c2c(Cl)nc(-c3ccc(Cl)s3)nc2Cl)c1. The molecular weight excluding hydrogens is 354 g/mol. The highest BCUT2D eigenvalue weighted by Crippen LogP contribution is 2.36. The summed E-state index contributed by atoms with van der Waals surface area (Å²) in [4.78, 5) is 9.20. The van der Waals surface area contributed by atoms with E-state index in [1.54, 1.807) is 24.3 Å². The van der Waals surface area contributed by atoms with Gasteiger partial charge in [-0.05, 0) is 29.8 Å². The van der Waals surface area contributed by atoms with Crippen LogP contribution in [0.5, 0.6) is 0 Å². The van der Waals surface area contributed by atoms with E-state index < -0.39 is 0 Å². The maximum Gasteiger partial charge on any atom is 0.172 e. The Hall–Kier alpha value is -1.20. The molecule has 0 atom stereocenters. The zero-order chi connectivity index (χ0) is 15.0. The Morgan fingerprint density at radius 1 is 0.952 bits per heavy atom. The van der Waals surface area contributed by atoms with E-state index >= 15 is 0 Å². The fourth-order valence-electron chi connectivity index (χ4n) is 1.83. The molecule has 2 aromatic heterocycles. The van der Waals surface area contributed by atoms with Crippen molar-refractivity contribution in [2.24, 2.45) is 0 Å². The lowest BCUT2D eigenvalue weighted by Gasteiger charge is -2.08. The molecule has 0 saturated heterocycles. The molecule has 0 bridgehead atoms. The predicted octanol–water partition coefficient (Wildman–Crippen LogP) is 5.97. The molecule has 3 rings (SSSR count). The third-order valence-corrected chi connectivity index (χ3v) is 4.50. The lowest BCUT2D eigenvalue weighted by Crippen LogP contribution is -1.93. The van der Waals surface area contributed by atoms with E-state index in [1.165, 1.54) is 23.5 Å². The summed E-state index contributed by atoms with van der Waals surface area (Å²) < 4.78 is 13.9. The molecule has 0 N–H and O–H groups in total. The number of benzene rings is 1. The second kappa shape index (κ2) is 5.89. The van der Waals surface area contributed by atoms with Gasteiger partial charge in [0.25, 0.3) is 0 Å². The molecule has 0 amide bonds. The molecule has 0 fully saturated rings. The molecule has 1 aromatic carbocycles. The largest absolute Gasteiger partial charge is 0.215 e. The topological polar surface area (TPSA) is 25.8 Å². The summed E-state index contributed by atoms with van der Waals surface area (Å²) >= 11 is 19.6. The first-order valence-electron chi connectivity index (χ1n) is 5.79. The third-order valence-electron chi connectivity index (χ3n) is 2.73. The quantitative estimate of drug-likeness (QED) is 0.527. The van der Waals surface area contributed by atoms with Crippen molar-refractivity contribution in [3.63, 3.8) is 0 Å². The van der Waals surface area contributed by atoms with Crippen molar-refractivity contribution in [1.29, 1.82) is 0 Å². The van der Waals surface area contributed by atoms with E-state index in [0.717, 1.165) is 4.88 Å². The van der Waals surface area contributed by atoms with Crippen molar-refractivity contribution >= 4 is 46.1 Å². The van der Waals surface area contributed by atoms with Crippen molar-refractivity contribution in [2.45, 2.75) is 0 Å². The standard InChI is InChI=1S/C14H6Cl3FN2S/c15-10-5-4-9(21-10)14-19-12(16)11(13(17)20-14)7-2-1-3-8(18)6-7/h1-6H. The Labute approximate surface area is 139 Å². The van der Waals surface area contributed by atoms with Gasteiger partial charge in [0.15, 0.2) is 5.82 Å². The molecule has 0 aliphatic carbocycles. The molecule has 0 radical (unpaired) electrons. The van der Waals surface area contributed by atoms with E-state index in [2.05, 4.69) is 9.97 Å². The molecule has 2 heterocycles. The van der Waals surface area contributed by atoms with Crippen molar-refractivity contribution < 1.29 is 4.39 Å². The smallest absolute Gasteiger partial charge is 0.172 e. The average molecular weight is 360 g/mol. The Kier molecular flexibility index (Phi) is 4.13. The van der Waals surface area contributed by atoms with E-state index in [0.29, 0.717) is 21.3 Å². The van der Waals surface area contributed by atoms with Gasteiger partial charge in [-0.1, -0.05) is 46.9 Å². The monoisotopic (exact) mass is 358 g/mol. The Morgan fingerprint density at radius 3 is 2.24 bits per heavy atom. The van der Waals surface area contributed by atoms with Crippen LogP contribution in [0.2, 0.25) is 14.6 Å². The molecule has 0 aliphatic rings. The summed E-state index contributed by atoms with van der Waals surface area (Å²) in [6.45, 7) is 0. The third kappa shape index (κ3) is 3.04. The fourth-order valence-corrected chi connectivity index (χ4v) is 3.42. The minimum absolute atomic E-state index is 0.167. The minimum atomic E-state index is -0.381. The predicted molar refractivity (Wildman–Crippen MR) is 85.8 cm³/mol. The molecule has 2 nitrogen and oxygen atoms in total. The van der Waals surface area contributed by atoms with Gasteiger partial charge >= 0.3 is 0 Å². The fraction of sp³-hybridized carbons (Fsp3) is 0. The number of rotatable bonds is 2. The highest BCUT2D eigenvalue weighted by Gasteiger charge is 2.16. The molecule has 0 aliphatic heterocycles. The van der Waals surface area contributed by atoms with Gasteiger partial charge in [-0.25, -0.2) is 14.4 Å². The number of nitrogens with zero attached hydrogens (tertiary/aromatic N) is 2. The number of halogens is 4. The first-order valence-corrected chi connectivity index (χ1v) is 7.74. The lowest BCUT2D eigenvalue weighted by atomic mass is 10.1. The van der Waals surface area contributed by atoms with Crippen LogP contribution in [0.15, 0.2) is 36.4 Å². The summed E-state index contributed by atoms with van der Waals surface area (Å²) in [7, 11) is 0. The lowest BCUT2D eigenvalue weighted by molar-refractivity contribution is 0.628. The van der Waals surface area contributed by atoms with Gasteiger partial charge < -0.3 is 0 Å². The minimum Gasteiger partial charge on any atom is -0.215 e. The summed E-state index contributed by atoms with van der Waals surface area (Å²) in [5.41, 5.74) is 0.935. The van der Waals surface area contributed by atoms with Crippen molar-refractivity contribution in [1.82, 2.24) is 9.97 Å². The number of aromatic nitrogens is 2. The van der Waals surface area contributed by atoms with Crippen molar-refractivity contribution in [2.75, 3.05) is 0 Å². The maximum atomic E-state index is 13.3. The Morgan fingerprint density at radius 2 is 1.67 bits per heavy atom. The van der Waals surface area contributed by atoms with Crippen LogP contribution in [0.1, 0.15) is 0 Å². The van der Waals surface area contributed by atoms with Gasteiger partial charge in [-0.2, -0.15) is 0 Å². The first-order chi connectivity index (χ1) is 10.0. The molecule has 0 spiro atoms. The zero-order valence-electron chi connectivity index (χ0n) is 10.3. The van der Waals surface area contributed by atoms with Crippen molar-refractivity contribution in [3.05, 3.63) is 56.9 Å². The van der Waals surface area contributed by atoms with E-state index in [1.807, 2.05) is 0 Å². The second-order valence-corrected chi connectivity index (χ2v) is 6.55. The van der Waals surface area contributed by atoms with Gasteiger partial charge in [-0.15, -0.1) is 11.3 Å². The maximum absolute atomic E-state index is 13.3. The van der Waals surface area contributed by atoms with Gasteiger partial charge in [-0.3, -0.25) is 0 Å². The van der Waals surface area contributed by atoms with Crippen LogP contribution in [0.4, 0.5) is 4.39 Å².